The van der Waals surface area contributed by atoms with Crippen molar-refractivity contribution in [3.05, 3.63) is 23.8 Å². The van der Waals surface area contributed by atoms with E-state index in [1.807, 2.05) is 0 Å². The monoisotopic (exact) mass is 320 g/mol. The third-order valence-corrected chi connectivity index (χ3v) is 7.96. The highest BCUT2D eigenvalue weighted by Crippen LogP contribution is 2.63. The van der Waals surface area contributed by atoms with Crippen LogP contribution in [0.15, 0.2) is 23.8 Å². The number of allylic oxidation sites excluding steroid dienone is 2. The summed E-state index contributed by atoms with van der Waals surface area (Å²) < 4.78 is 0. The van der Waals surface area contributed by atoms with Gasteiger partial charge >= 0.3 is 0 Å². The van der Waals surface area contributed by atoms with Gasteiger partial charge in [0.1, 0.15) is 0 Å². The Morgan fingerprint density at radius 2 is 1.91 bits per heavy atom. The Morgan fingerprint density at radius 1 is 1.14 bits per heavy atom. The summed E-state index contributed by atoms with van der Waals surface area (Å²) in [6.07, 6.45) is 11.3. The minimum absolute atomic E-state index is 0.00825. The number of thiol groups is 1. The van der Waals surface area contributed by atoms with E-state index in [0.717, 1.165) is 32.1 Å². The molecule has 0 radical (unpaired) electrons. The zero-order chi connectivity index (χ0) is 15.7. The van der Waals surface area contributed by atoms with Crippen LogP contribution in [-0.2, 0) is 0 Å². The number of hydrogen-bond donors (Lipinski definition) is 3. The van der Waals surface area contributed by atoms with Crippen molar-refractivity contribution in [2.24, 2.45) is 28.6 Å². The molecule has 8 atom stereocenters. The highest BCUT2D eigenvalue weighted by Gasteiger charge is 2.59. The van der Waals surface area contributed by atoms with Crippen molar-refractivity contribution >= 4 is 12.6 Å². The largest absolute Gasteiger partial charge is 0.393 e. The Bertz CT molecular complexity index is 542. The van der Waals surface area contributed by atoms with Gasteiger partial charge < -0.3 is 10.2 Å². The van der Waals surface area contributed by atoms with E-state index < -0.39 is 0 Å². The molecule has 22 heavy (non-hydrogen) atoms. The molecule has 2 N–H and O–H groups in total. The number of hydrogen-bond acceptors (Lipinski definition) is 3. The molecule has 2 nitrogen and oxygen atoms in total. The Morgan fingerprint density at radius 3 is 2.68 bits per heavy atom. The van der Waals surface area contributed by atoms with Crippen molar-refractivity contribution in [1.29, 1.82) is 0 Å². The average Bonchev–Trinajstić information content (AvgIpc) is 2.77. The van der Waals surface area contributed by atoms with Gasteiger partial charge in [-0.15, -0.1) is 0 Å². The molecule has 0 amide bonds. The van der Waals surface area contributed by atoms with Crippen LogP contribution in [0.5, 0.6) is 0 Å². The molecule has 4 rings (SSSR count). The van der Waals surface area contributed by atoms with Crippen molar-refractivity contribution in [2.45, 2.75) is 63.4 Å². The molecule has 0 aliphatic heterocycles. The average molecular weight is 320 g/mol. The molecule has 0 aromatic heterocycles. The lowest BCUT2D eigenvalue weighted by Gasteiger charge is -2.57. The van der Waals surface area contributed by atoms with Crippen LogP contribution in [0.2, 0.25) is 0 Å². The van der Waals surface area contributed by atoms with E-state index in [1.54, 1.807) is 0 Å². The van der Waals surface area contributed by atoms with Crippen molar-refractivity contribution in [1.82, 2.24) is 0 Å². The van der Waals surface area contributed by atoms with Crippen LogP contribution in [0.25, 0.3) is 0 Å². The maximum absolute atomic E-state index is 10.9. The lowest BCUT2D eigenvalue weighted by molar-refractivity contribution is -0.0896. The smallest absolute Gasteiger partial charge is 0.0757 e. The summed E-state index contributed by atoms with van der Waals surface area (Å²) >= 11 is 4.61. The molecule has 0 saturated heterocycles. The van der Waals surface area contributed by atoms with Crippen LogP contribution in [0.1, 0.15) is 46.0 Å². The van der Waals surface area contributed by atoms with E-state index in [0.29, 0.717) is 17.8 Å². The summed E-state index contributed by atoms with van der Waals surface area (Å²) in [6.45, 7) is 4.60. The second-order valence-corrected chi connectivity index (χ2v) is 9.19. The predicted octanol–water partition coefficient (Wildman–Crippen LogP) is 3.36. The zero-order valence-electron chi connectivity index (χ0n) is 13.6. The predicted molar refractivity (Wildman–Crippen MR) is 91.8 cm³/mol. The number of aliphatic hydroxyl groups is 2. The first kappa shape index (κ1) is 15.3. The number of fused-ring (bicyclic) bond motifs is 5. The van der Waals surface area contributed by atoms with Gasteiger partial charge in [0, 0.05) is 10.7 Å². The molecular weight excluding hydrogens is 292 g/mol. The van der Waals surface area contributed by atoms with Gasteiger partial charge in [0.15, 0.2) is 0 Å². The second kappa shape index (κ2) is 4.87. The van der Waals surface area contributed by atoms with Crippen molar-refractivity contribution in [3.8, 4) is 0 Å². The summed E-state index contributed by atoms with van der Waals surface area (Å²) in [4.78, 5) is 0. The molecule has 2 saturated carbocycles. The summed E-state index contributed by atoms with van der Waals surface area (Å²) in [5.41, 5.74) is 1.47. The standard InChI is InChI=1S/C19H28O2S/c1-18-7-5-12(22)9-11(18)10-15(20)17-13-3-4-16(21)19(13,2)8-6-14(17)18/h5,7,10,12-17,20-22H,3-4,6,8-9H2,1-2H3/t12-,13-,14-,15-,16-,17-,18-,19-/m0/s1. The van der Waals surface area contributed by atoms with Crippen LogP contribution in [0.4, 0.5) is 0 Å². The summed E-state index contributed by atoms with van der Waals surface area (Å²) in [7, 11) is 0. The highest BCUT2D eigenvalue weighted by molar-refractivity contribution is 7.81. The van der Waals surface area contributed by atoms with Gasteiger partial charge in [0.2, 0.25) is 0 Å². The van der Waals surface area contributed by atoms with E-state index in [9.17, 15) is 10.2 Å². The zero-order valence-corrected chi connectivity index (χ0v) is 14.5. The molecule has 0 unspecified atom stereocenters. The van der Waals surface area contributed by atoms with Gasteiger partial charge in [0.25, 0.3) is 0 Å². The van der Waals surface area contributed by atoms with E-state index in [2.05, 4.69) is 44.7 Å². The van der Waals surface area contributed by atoms with Crippen LogP contribution < -0.4 is 0 Å². The molecule has 122 valence electrons. The SMILES string of the molecule is C[C@]12CC[C@H]3[C@@H]([C@@H](O)C=C4C[C@@H](S)C=C[C@@]43C)[C@@H]1CC[C@@H]2O. The number of aliphatic hydroxyl groups excluding tert-OH is 2. The lowest BCUT2D eigenvalue weighted by Crippen LogP contribution is -2.54. The molecule has 0 aromatic carbocycles. The first-order valence-corrected chi connectivity index (χ1v) is 9.32. The van der Waals surface area contributed by atoms with E-state index in [1.165, 1.54) is 5.57 Å². The summed E-state index contributed by atoms with van der Waals surface area (Å²) in [6, 6.07) is 0. The van der Waals surface area contributed by atoms with Crippen LogP contribution >= 0.6 is 12.6 Å². The van der Waals surface area contributed by atoms with Crippen LogP contribution in [-0.4, -0.2) is 27.7 Å². The normalized spacial score (nSPS) is 56.9. The maximum Gasteiger partial charge on any atom is 0.0757 e. The van der Waals surface area contributed by atoms with E-state index in [-0.39, 0.29) is 28.3 Å². The topological polar surface area (TPSA) is 40.5 Å². The van der Waals surface area contributed by atoms with Crippen LogP contribution in [0.3, 0.4) is 0 Å². The molecule has 2 fully saturated rings. The Labute approximate surface area is 139 Å². The first-order valence-electron chi connectivity index (χ1n) is 8.81. The molecule has 0 bridgehead atoms. The van der Waals surface area contributed by atoms with E-state index in [4.69, 9.17) is 0 Å². The van der Waals surface area contributed by atoms with Gasteiger partial charge in [0.05, 0.1) is 12.2 Å². The Kier molecular flexibility index (Phi) is 3.39. The fourth-order valence-corrected chi connectivity index (χ4v) is 6.48. The third kappa shape index (κ3) is 1.88. The van der Waals surface area contributed by atoms with Crippen LogP contribution in [0, 0.1) is 28.6 Å². The Hall–Kier alpha value is -0.250. The fraction of sp³-hybridized carbons (Fsp3) is 0.789. The third-order valence-electron chi connectivity index (χ3n) is 7.60. The van der Waals surface area contributed by atoms with Gasteiger partial charge in [-0.3, -0.25) is 0 Å². The van der Waals surface area contributed by atoms with Crippen molar-refractivity contribution in [2.75, 3.05) is 0 Å². The molecule has 4 aliphatic rings. The van der Waals surface area contributed by atoms with Gasteiger partial charge in [-0.25, -0.2) is 0 Å². The molecule has 0 aromatic rings. The maximum atomic E-state index is 10.9. The van der Waals surface area contributed by atoms with Gasteiger partial charge in [-0.05, 0) is 55.3 Å². The van der Waals surface area contributed by atoms with Gasteiger partial charge in [-0.2, -0.15) is 12.6 Å². The fourth-order valence-electron chi connectivity index (χ4n) is 6.20. The molecule has 3 heteroatoms. The second-order valence-electron chi connectivity index (χ2n) is 8.52. The minimum atomic E-state index is -0.352. The Balaban J connectivity index is 1.76. The lowest BCUT2D eigenvalue weighted by atomic mass is 9.48. The minimum Gasteiger partial charge on any atom is -0.393 e. The summed E-state index contributed by atoms with van der Waals surface area (Å²) in [5, 5.41) is 21.6. The highest BCUT2D eigenvalue weighted by atomic mass is 32.1. The quantitative estimate of drug-likeness (QED) is 0.473. The van der Waals surface area contributed by atoms with Gasteiger partial charge in [-0.1, -0.05) is 37.6 Å². The summed E-state index contributed by atoms with van der Waals surface area (Å²) in [5.74, 6) is 1.25. The van der Waals surface area contributed by atoms with Crippen molar-refractivity contribution < 1.29 is 10.2 Å². The molecule has 0 heterocycles. The first-order chi connectivity index (χ1) is 10.4. The van der Waals surface area contributed by atoms with Crippen molar-refractivity contribution in [3.63, 3.8) is 0 Å². The van der Waals surface area contributed by atoms with E-state index >= 15 is 0 Å². The number of rotatable bonds is 0. The molecular formula is C19H28O2S. The molecule has 0 spiro atoms. The molecule has 4 aliphatic carbocycles.